The van der Waals surface area contributed by atoms with Gasteiger partial charge in [-0.25, -0.2) is 0 Å². The van der Waals surface area contributed by atoms with Crippen LogP contribution in [-0.2, 0) is 13.0 Å². The molecule has 0 atom stereocenters. The van der Waals surface area contributed by atoms with E-state index in [1.165, 1.54) is 11.1 Å². The largest absolute Gasteiger partial charge is 0.507 e. The minimum Gasteiger partial charge on any atom is -0.507 e. The molecule has 0 saturated heterocycles. The van der Waals surface area contributed by atoms with Gasteiger partial charge in [0, 0.05) is 11.9 Å². The predicted molar refractivity (Wildman–Crippen MR) is 87.5 cm³/mol. The van der Waals surface area contributed by atoms with Crippen LogP contribution in [-0.4, -0.2) is 11.7 Å². The first-order valence-corrected chi connectivity index (χ1v) is 7.29. The van der Waals surface area contributed by atoms with Crippen molar-refractivity contribution < 1.29 is 5.11 Å². The first kappa shape index (κ1) is 13.7. The molecular formula is C19H19NO. The summed E-state index contributed by atoms with van der Waals surface area (Å²) in [5.74, 6) is 0.353. The molecule has 0 aliphatic heterocycles. The Morgan fingerprint density at radius 3 is 2.29 bits per heavy atom. The van der Waals surface area contributed by atoms with Crippen molar-refractivity contribution in [1.29, 1.82) is 0 Å². The fourth-order valence-electron chi connectivity index (χ4n) is 2.62. The summed E-state index contributed by atoms with van der Waals surface area (Å²) >= 11 is 0. The standard InChI is InChI=1S/C19H19NO/c21-19-11-10-16(17-8-4-5-9-18(17)19)12-13-20-14-15-6-2-1-3-7-15/h1-11,20-21H,12-14H2. The number of hydrogen-bond acceptors (Lipinski definition) is 2. The van der Waals surface area contributed by atoms with Crippen molar-refractivity contribution in [2.75, 3.05) is 6.54 Å². The molecule has 2 nitrogen and oxygen atoms in total. The molecule has 0 aliphatic carbocycles. The second-order valence-electron chi connectivity index (χ2n) is 5.20. The lowest BCUT2D eigenvalue weighted by atomic mass is 10.0. The highest BCUT2D eigenvalue weighted by atomic mass is 16.3. The molecule has 0 fully saturated rings. The predicted octanol–water partition coefficient (Wildman–Crippen LogP) is 3.88. The van der Waals surface area contributed by atoms with E-state index in [9.17, 15) is 5.11 Å². The van der Waals surface area contributed by atoms with Crippen molar-refractivity contribution in [3.63, 3.8) is 0 Å². The maximum absolute atomic E-state index is 9.90. The third kappa shape index (κ3) is 3.23. The van der Waals surface area contributed by atoms with Gasteiger partial charge in [-0.15, -0.1) is 0 Å². The molecule has 0 amide bonds. The highest BCUT2D eigenvalue weighted by Gasteiger charge is 2.04. The third-order valence-corrected chi connectivity index (χ3v) is 3.73. The summed E-state index contributed by atoms with van der Waals surface area (Å²) in [6.07, 6.45) is 0.952. The highest BCUT2D eigenvalue weighted by Crippen LogP contribution is 2.27. The van der Waals surface area contributed by atoms with Crippen molar-refractivity contribution >= 4 is 10.8 Å². The van der Waals surface area contributed by atoms with E-state index in [4.69, 9.17) is 0 Å². The van der Waals surface area contributed by atoms with E-state index in [-0.39, 0.29) is 0 Å². The van der Waals surface area contributed by atoms with Gasteiger partial charge in [0.05, 0.1) is 0 Å². The summed E-state index contributed by atoms with van der Waals surface area (Å²) in [5, 5.41) is 15.4. The van der Waals surface area contributed by atoms with Crippen LogP contribution in [0.15, 0.2) is 66.7 Å². The van der Waals surface area contributed by atoms with Gasteiger partial charge in [0.15, 0.2) is 0 Å². The molecule has 0 unspecified atom stereocenters. The number of nitrogens with one attached hydrogen (secondary N) is 1. The molecule has 0 saturated carbocycles. The zero-order chi connectivity index (χ0) is 14.5. The summed E-state index contributed by atoms with van der Waals surface area (Å²) in [5.41, 5.74) is 2.57. The first-order chi connectivity index (χ1) is 10.3. The maximum atomic E-state index is 9.90. The summed E-state index contributed by atoms with van der Waals surface area (Å²) in [4.78, 5) is 0. The van der Waals surface area contributed by atoms with E-state index in [1.807, 2.05) is 30.3 Å². The molecule has 21 heavy (non-hydrogen) atoms. The molecule has 2 heteroatoms. The summed E-state index contributed by atoms with van der Waals surface area (Å²) in [6, 6.07) is 22.2. The van der Waals surface area contributed by atoms with Crippen molar-refractivity contribution in [3.8, 4) is 5.75 Å². The molecule has 2 N–H and O–H groups in total. The Bertz CT molecular complexity index is 722. The Morgan fingerprint density at radius 2 is 1.48 bits per heavy atom. The highest BCUT2D eigenvalue weighted by molar-refractivity contribution is 5.90. The lowest BCUT2D eigenvalue weighted by Crippen LogP contribution is -2.16. The van der Waals surface area contributed by atoms with Crippen LogP contribution in [0.25, 0.3) is 10.8 Å². The summed E-state index contributed by atoms with van der Waals surface area (Å²) < 4.78 is 0. The monoisotopic (exact) mass is 277 g/mol. The minimum atomic E-state index is 0.353. The molecule has 3 rings (SSSR count). The Balaban J connectivity index is 1.65. The van der Waals surface area contributed by atoms with E-state index in [0.29, 0.717) is 5.75 Å². The molecule has 0 heterocycles. The van der Waals surface area contributed by atoms with Gasteiger partial charge in [-0.2, -0.15) is 0 Å². The van der Waals surface area contributed by atoms with Gasteiger partial charge >= 0.3 is 0 Å². The van der Waals surface area contributed by atoms with Gasteiger partial charge in [0.25, 0.3) is 0 Å². The van der Waals surface area contributed by atoms with Crippen LogP contribution in [0.4, 0.5) is 0 Å². The van der Waals surface area contributed by atoms with E-state index in [2.05, 4.69) is 35.6 Å². The van der Waals surface area contributed by atoms with Crippen LogP contribution in [0.3, 0.4) is 0 Å². The zero-order valence-corrected chi connectivity index (χ0v) is 11.9. The van der Waals surface area contributed by atoms with Crippen molar-refractivity contribution in [2.24, 2.45) is 0 Å². The van der Waals surface area contributed by atoms with E-state index >= 15 is 0 Å². The van der Waals surface area contributed by atoms with Crippen molar-refractivity contribution in [2.45, 2.75) is 13.0 Å². The van der Waals surface area contributed by atoms with Gasteiger partial charge in [0.2, 0.25) is 0 Å². The lowest BCUT2D eigenvalue weighted by molar-refractivity contribution is 0.481. The number of phenols is 1. The Labute approximate surface area is 125 Å². The first-order valence-electron chi connectivity index (χ1n) is 7.29. The maximum Gasteiger partial charge on any atom is 0.123 e. The molecule has 0 spiro atoms. The smallest absolute Gasteiger partial charge is 0.123 e. The average molecular weight is 277 g/mol. The molecule has 106 valence electrons. The second-order valence-corrected chi connectivity index (χ2v) is 5.20. The molecule has 0 aromatic heterocycles. The van der Waals surface area contributed by atoms with Crippen LogP contribution in [0.5, 0.6) is 5.75 Å². The molecule has 0 aliphatic rings. The van der Waals surface area contributed by atoms with Gasteiger partial charge in [-0.3, -0.25) is 0 Å². The molecule has 3 aromatic carbocycles. The van der Waals surface area contributed by atoms with Crippen LogP contribution in [0.2, 0.25) is 0 Å². The average Bonchev–Trinajstić information content (AvgIpc) is 2.55. The number of rotatable bonds is 5. The van der Waals surface area contributed by atoms with Crippen LogP contribution >= 0.6 is 0 Å². The molecule has 0 radical (unpaired) electrons. The number of hydrogen-bond donors (Lipinski definition) is 2. The normalized spacial score (nSPS) is 10.9. The zero-order valence-electron chi connectivity index (χ0n) is 11.9. The minimum absolute atomic E-state index is 0.353. The Hall–Kier alpha value is -2.32. The van der Waals surface area contributed by atoms with Crippen molar-refractivity contribution in [3.05, 3.63) is 77.9 Å². The number of fused-ring (bicyclic) bond motifs is 1. The second kappa shape index (κ2) is 6.42. The third-order valence-electron chi connectivity index (χ3n) is 3.73. The van der Waals surface area contributed by atoms with Crippen LogP contribution in [0, 0.1) is 0 Å². The van der Waals surface area contributed by atoms with Gasteiger partial charge in [0.1, 0.15) is 5.75 Å². The topological polar surface area (TPSA) is 32.3 Å². The Kier molecular flexibility index (Phi) is 4.17. The quantitative estimate of drug-likeness (QED) is 0.694. The molecule has 0 bridgehead atoms. The molecule has 3 aromatic rings. The fourth-order valence-corrected chi connectivity index (χ4v) is 2.62. The number of benzene rings is 3. The lowest BCUT2D eigenvalue weighted by Gasteiger charge is -2.09. The van der Waals surface area contributed by atoms with Crippen molar-refractivity contribution in [1.82, 2.24) is 5.32 Å². The number of phenolic OH excluding ortho intramolecular Hbond substituents is 1. The van der Waals surface area contributed by atoms with E-state index < -0.39 is 0 Å². The van der Waals surface area contributed by atoms with Crippen LogP contribution in [0.1, 0.15) is 11.1 Å². The SMILES string of the molecule is Oc1ccc(CCNCc2ccccc2)c2ccccc12. The van der Waals surface area contributed by atoms with E-state index in [0.717, 1.165) is 30.3 Å². The number of aromatic hydroxyl groups is 1. The molecular weight excluding hydrogens is 258 g/mol. The van der Waals surface area contributed by atoms with Gasteiger partial charge in [-0.05, 0) is 35.5 Å². The van der Waals surface area contributed by atoms with E-state index in [1.54, 1.807) is 6.07 Å². The summed E-state index contributed by atoms with van der Waals surface area (Å²) in [7, 11) is 0. The fraction of sp³-hybridized carbons (Fsp3) is 0.158. The van der Waals surface area contributed by atoms with Gasteiger partial charge in [-0.1, -0.05) is 60.7 Å². The summed E-state index contributed by atoms with van der Waals surface area (Å²) in [6.45, 7) is 1.81. The van der Waals surface area contributed by atoms with Gasteiger partial charge < -0.3 is 10.4 Å². The van der Waals surface area contributed by atoms with Crippen LogP contribution < -0.4 is 5.32 Å². The Morgan fingerprint density at radius 1 is 0.762 bits per heavy atom.